The van der Waals surface area contributed by atoms with Gasteiger partial charge in [0.1, 0.15) is 18.7 Å². The fraction of sp³-hybridized carbons (Fsp3) is 0.423. The summed E-state index contributed by atoms with van der Waals surface area (Å²) < 4.78 is 5.43. The van der Waals surface area contributed by atoms with Crippen LogP contribution in [0.4, 0.5) is 0 Å². The quantitative estimate of drug-likeness (QED) is 0.538. The van der Waals surface area contributed by atoms with Gasteiger partial charge in [0, 0.05) is 6.54 Å². The lowest BCUT2D eigenvalue weighted by atomic mass is 10.0. The second kappa shape index (κ2) is 12.2. The number of esters is 1. The van der Waals surface area contributed by atoms with Crippen LogP contribution in [0.25, 0.3) is 0 Å². The average Bonchev–Trinajstić information content (AvgIpc) is 3.02. The molecule has 176 valence electrons. The predicted octanol–water partition coefficient (Wildman–Crippen LogP) is 3.18. The number of benzene rings is 2. The zero-order chi connectivity index (χ0) is 23.6. The number of hydrogen-bond donors (Lipinski definition) is 2. The van der Waals surface area contributed by atoms with Crippen molar-refractivity contribution in [2.45, 2.75) is 63.8 Å². The van der Waals surface area contributed by atoms with Crippen LogP contribution in [0.15, 0.2) is 60.7 Å². The maximum atomic E-state index is 13.3. The van der Waals surface area contributed by atoms with Gasteiger partial charge in [-0.15, -0.1) is 0 Å². The summed E-state index contributed by atoms with van der Waals surface area (Å²) in [7, 11) is 0. The molecular weight excluding hydrogens is 420 g/mol. The molecule has 1 aliphatic rings. The molecule has 0 spiro atoms. The molecule has 0 aromatic heterocycles. The molecule has 0 radical (unpaired) electrons. The molecule has 1 fully saturated rings. The molecule has 3 rings (SSSR count). The first-order valence-corrected chi connectivity index (χ1v) is 11.5. The maximum Gasteiger partial charge on any atom is 0.328 e. The van der Waals surface area contributed by atoms with Crippen molar-refractivity contribution in [1.29, 1.82) is 0 Å². The highest BCUT2D eigenvalue weighted by Gasteiger charge is 2.35. The van der Waals surface area contributed by atoms with Crippen molar-refractivity contribution in [2.75, 3.05) is 6.54 Å². The van der Waals surface area contributed by atoms with Crippen molar-refractivity contribution in [1.82, 2.24) is 10.2 Å². The van der Waals surface area contributed by atoms with Gasteiger partial charge < -0.3 is 14.7 Å². The van der Waals surface area contributed by atoms with Gasteiger partial charge >= 0.3 is 11.9 Å². The molecule has 3 atom stereocenters. The topological polar surface area (TPSA) is 95.9 Å². The number of carbonyl (C=O) groups excluding carboxylic acids is 2. The molecule has 2 N–H and O–H groups in total. The Morgan fingerprint density at radius 1 is 1.06 bits per heavy atom. The van der Waals surface area contributed by atoms with Crippen molar-refractivity contribution < 1.29 is 24.2 Å². The summed E-state index contributed by atoms with van der Waals surface area (Å²) >= 11 is 0. The van der Waals surface area contributed by atoms with Crippen LogP contribution >= 0.6 is 0 Å². The van der Waals surface area contributed by atoms with Crippen LogP contribution in [0.2, 0.25) is 0 Å². The van der Waals surface area contributed by atoms with E-state index >= 15 is 0 Å². The van der Waals surface area contributed by atoms with Gasteiger partial charge in [0.25, 0.3) is 0 Å². The Kier molecular flexibility index (Phi) is 9.01. The largest absolute Gasteiger partial charge is 0.480 e. The first kappa shape index (κ1) is 24.5. The number of aryl methyl sites for hydroxylation is 1. The van der Waals surface area contributed by atoms with Crippen LogP contribution in [-0.2, 0) is 32.1 Å². The van der Waals surface area contributed by atoms with E-state index in [2.05, 4.69) is 5.32 Å². The Bertz CT molecular complexity index is 919. The van der Waals surface area contributed by atoms with Crippen molar-refractivity contribution in [2.24, 2.45) is 0 Å². The van der Waals surface area contributed by atoms with E-state index in [9.17, 15) is 19.5 Å². The molecule has 7 nitrogen and oxygen atoms in total. The Morgan fingerprint density at radius 3 is 2.33 bits per heavy atom. The monoisotopic (exact) mass is 452 g/mol. The summed E-state index contributed by atoms with van der Waals surface area (Å²) in [5.41, 5.74) is 1.93. The van der Waals surface area contributed by atoms with Crippen LogP contribution in [0.5, 0.6) is 0 Å². The third kappa shape index (κ3) is 7.15. The molecule has 2 unspecified atom stereocenters. The molecular formula is C26H32N2O5. The minimum Gasteiger partial charge on any atom is -0.480 e. The maximum absolute atomic E-state index is 13.3. The van der Waals surface area contributed by atoms with Gasteiger partial charge in [-0.1, -0.05) is 60.7 Å². The van der Waals surface area contributed by atoms with Crippen LogP contribution < -0.4 is 5.32 Å². The van der Waals surface area contributed by atoms with E-state index in [0.717, 1.165) is 24.0 Å². The summed E-state index contributed by atoms with van der Waals surface area (Å²) in [5, 5.41) is 12.8. The zero-order valence-electron chi connectivity index (χ0n) is 19.0. The molecule has 0 aliphatic carbocycles. The predicted molar refractivity (Wildman–Crippen MR) is 124 cm³/mol. The molecule has 0 bridgehead atoms. The number of aliphatic carboxylic acids is 1. The van der Waals surface area contributed by atoms with Crippen LogP contribution in [0.1, 0.15) is 43.7 Å². The Hall–Kier alpha value is -3.19. The smallest absolute Gasteiger partial charge is 0.328 e. The highest BCUT2D eigenvalue weighted by Crippen LogP contribution is 2.18. The lowest BCUT2D eigenvalue weighted by Crippen LogP contribution is -2.54. The van der Waals surface area contributed by atoms with Gasteiger partial charge in [-0.3, -0.25) is 14.9 Å². The molecule has 1 amide bonds. The normalized spacial score (nSPS) is 18.3. The van der Waals surface area contributed by atoms with Crippen molar-refractivity contribution in [3.63, 3.8) is 0 Å². The number of carboxylic acid groups (broad SMARTS) is 1. The third-order valence-electron chi connectivity index (χ3n) is 6.02. The van der Waals surface area contributed by atoms with Gasteiger partial charge in [0.15, 0.2) is 0 Å². The minimum absolute atomic E-state index is 0.147. The number of carboxylic acids is 1. The number of nitrogens with one attached hydrogen (secondary N) is 1. The SMILES string of the molecule is CC(C(=O)OCc1ccccc1)N1CCCCC(N[C@@H](CCc2ccccc2)C(=O)O)C1=O. The summed E-state index contributed by atoms with van der Waals surface area (Å²) in [6, 6.07) is 16.8. The molecule has 33 heavy (non-hydrogen) atoms. The first-order valence-electron chi connectivity index (χ1n) is 11.5. The molecule has 1 saturated heterocycles. The first-order chi connectivity index (χ1) is 16.0. The lowest BCUT2D eigenvalue weighted by molar-refractivity contribution is -0.156. The summed E-state index contributed by atoms with van der Waals surface area (Å²) in [6.45, 7) is 2.26. The Balaban J connectivity index is 1.60. The van der Waals surface area contributed by atoms with E-state index in [1.165, 1.54) is 4.90 Å². The van der Waals surface area contributed by atoms with E-state index in [-0.39, 0.29) is 12.5 Å². The lowest BCUT2D eigenvalue weighted by Gasteiger charge is -2.30. The Morgan fingerprint density at radius 2 is 1.70 bits per heavy atom. The van der Waals surface area contributed by atoms with E-state index in [0.29, 0.717) is 25.8 Å². The molecule has 1 aliphatic heterocycles. The average molecular weight is 453 g/mol. The standard InChI is InChI=1S/C26H32N2O5/c1-19(26(32)33-18-21-12-6-3-7-13-21)28-17-9-8-14-22(24(28)29)27-23(25(30)31)16-15-20-10-4-2-5-11-20/h2-7,10-13,19,22-23,27H,8-9,14-18H2,1H3,(H,30,31)/t19?,22?,23-/m0/s1. The molecule has 0 saturated carbocycles. The fourth-order valence-electron chi connectivity index (χ4n) is 4.06. The number of hydrogen-bond acceptors (Lipinski definition) is 5. The molecule has 1 heterocycles. The summed E-state index contributed by atoms with van der Waals surface area (Å²) in [5.74, 6) is -1.70. The van der Waals surface area contributed by atoms with Gasteiger partial charge in [-0.05, 0) is 50.2 Å². The highest BCUT2D eigenvalue weighted by atomic mass is 16.5. The van der Waals surface area contributed by atoms with Gasteiger partial charge in [-0.2, -0.15) is 0 Å². The highest BCUT2D eigenvalue weighted by molar-refractivity contribution is 5.88. The van der Waals surface area contributed by atoms with Crippen molar-refractivity contribution in [3.05, 3.63) is 71.8 Å². The fourth-order valence-corrected chi connectivity index (χ4v) is 4.06. The minimum atomic E-state index is -0.982. The number of carbonyl (C=O) groups is 3. The van der Waals surface area contributed by atoms with Crippen LogP contribution in [-0.4, -0.2) is 52.5 Å². The van der Waals surface area contributed by atoms with Crippen LogP contribution in [0.3, 0.4) is 0 Å². The van der Waals surface area contributed by atoms with Crippen molar-refractivity contribution >= 4 is 17.8 Å². The van der Waals surface area contributed by atoms with E-state index < -0.39 is 30.1 Å². The molecule has 2 aromatic carbocycles. The zero-order valence-corrected chi connectivity index (χ0v) is 19.0. The van der Waals surface area contributed by atoms with E-state index in [1.807, 2.05) is 60.7 Å². The number of nitrogens with zero attached hydrogens (tertiary/aromatic N) is 1. The third-order valence-corrected chi connectivity index (χ3v) is 6.02. The van der Waals surface area contributed by atoms with Gasteiger partial charge in [-0.25, -0.2) is 4.79 Å². The molecule has 7 heteroatoms. The number of likely N-dealkylation sites (tertiary alicyclic amines) is 1. The Labute approximate surface area is 194 Å². The van der Waals surface area contributed by atoms with Crippen molar-refractivity contribution in [3.8, 4) is 0 Å². The number of rotatable bonds is 10. The van der Waals surface area contributed by atoms with Crippen LogP contribution in [0, 0.1) is 0 Å². The molecule has 2 aromatic rings. The van der Waals surface area contributed by atoms with Gasteiger partial charge in [0.2, 0.25) is 5.91 Å². The summed E-state index contributed by atoms with van der Waals surface area (Å²) in [4.78, 5) is 39.3. The second-order valence-corrected chi connectivity index (χ2v) is 8.43. The second-order valence-electron chi connectivity index (χ2n) is 8.43. The number of ether oxygens (including phenoxy) is 1. The number of amides is 1. The van der Waals surface area contributed by atoms with Gasteiger partial charge in [0.05, 0.1) is 6.04 Å². The summed E-state index contributed by atoms with van der Waals surface area (Å²) in [6.07, 6.45) is 3.03. The van der Waals surface area contributed by atoms with E-state index in [1.54, 1.807) is 6.92 Å². The van der Waals surface area contributed by atoms with E-state index in [4.69, 9.17) is 4.74 Å².